The molecule has 2 rings (SSSR count). The minimum atomic E-state index is 0.206. The van der Waals surface area contributed by atoms with Gasteiger partial charge in [-0.15, -0.1) is 0 Å². The first-order valence-electron chi connectivity index (χ1n) is 6.52. The molecule has 0 radical (unpaired) electrons. The highest BCUT2D eigenvalue weighted by molar-refractivity contribution is 5.25. The number of rotatable bonds is 4. The largest absolute Gasteiger partial charge is 0.396 e. The van der Waals surface area contributed by atoms with Crippen LogP contribution < -0.4 is 0 Å². The molecule has 3 unspecified atom stereocenters. The smallest absolute Gasteiger partial charge is 0.0586 e. The van der Waals surface area contributed by atoms with Gasteiger partial charge in [0, 0.05) is 5.92 Å². The van der Waals surface area contributed by atoms with E-state index >= 15 is 0 Å². The zero-order valence-corrected chi connectivity index (χ0v) is 10.7. The molecule has 3 atom stereocenters. The van der Waals surface area contributed by atoms with Crippen LogP contribution in [-0.4, -0.2) is 23.9 Å². The van der Waals surface area contributed by atoms with Crippen LogP contribution in [0.1, 0.15) is 43.2 Å². The van der Waals surface area contributed by atoms with Crippen LogP contribution in [-0.2, 0) is 4.74 Å². The summed E-state index contributed by atoms with van der Waals surface area (Å²) < 4.78 is 5.83. The predicted molar refractivity (Wildman–Crippen MR) is 69.2 cm³/mol. The van der Waals surface area contributed by atoms with Crippen molar-refractivity contribution in [3.05, 3.63) is 35.4 Å². The van der Waals surface area contributed by atoms with Crippen LogP contribution in [0.2, 0.25) is 0 Å². The average Bonchev–Trinajstić information content (AvgIpc) is 2.72. The molecule has 2 nitrogen and oxygen atoms in total. The maximum atomic E-state index is 9.54. The number of aliphatic hydroxyl groups excluding tert-OH is 1. The number of aliphatic hydroxyl groups is 1. The maximum absolute atomic E-state index is 9.54. The first-order chi connectivity index (χ1) is 8.19. The third-order valence-electron chi connectivity index (χ3n) is 3.60. The number of benzene rings is 1. The molecule has 1 N–H and O–H groups in total. The van der Waals surface area contributed by atoms with Crippen molar-refractivity contribution >= 4 is 0 Å². The van der Waals surface area contributed by atoms with Crippen LogP contribution in [0.25, 0.3) is 0 Å². The van der Waals surface area contributed by atoms with Gasteiger partial charge in [0.1, 0.15) is 0 Å². The molecule has 1 aliphatic heterocycles. The second-order valence-corrected chi connectivity index (χ2v) is 5.18. The van der Waals surface area contributed by atoms with E-state index in [1.165, 1.54) is 11.1 Å². The summed E-state index contributed by atoms with van der Waals surface area (Å²) in [5.41, 5.74) is 2.48. The summed E-state index contributed by atoms with van der Waals surface area (Å²) in [6.45, 7) is 4.42. The maximum Gasteiger partial charge on any atom is 0.0586 e. The molecular formula is C15H22O2. The lowest BCUT2D eigenvalue weighted by molar-refractivity contribution is 0.0423. The van der Waals surface area contributed by atoms with E-state index in [1.54, 1.807) is 0 Å². The highest BCUT2D eigenvalue weighted by Crippen LogP contribution is 2.29. The highest BCUT2D eigenvalue weighted by atomic mass is 16.5. The van der Waals surface area contributed by atoms with E-state index in [-0.39, 0.29) is 12.5 Å². The molecule has 1 aliphatic rings. The van der Waals surface area contributed by atoms with Gasteiger partial charge in [-0.25, -0.2) is 0 Å². The van der Waals surface area contributed by atoms with Gasteiger partial charge >= 0.3 is 0 Å². The normalized spacial score (nSPS) is 26.1. The lowest BCUT2D eigenvalue weighted by Crippen LogP contribution is -2.15. The molecule has 1 fully saturated rings. The molecule has 17 heavy (non-hydrogen) atoms. The molecule has 0 amide bonds. The van der Waals surface area contributed by atoms with Crippen molar-refractivity contribution in [2.24, 2.45) is 0 Å². The Bertz CT molecular complexity index is 362. The van der Waals surface area contributed by atoms with Gasteiger partial charge in [-0.1, -0.05) is 29.8 Å². The zero-order valence-electron chi connectivity index (χ0n) is 10.7. The standard InChI is InChI=1S/C15H22O2/c1-11-4-3-5-13(8-11)14(10-16)9-15-7-6-12(2)17-15/h3-5,8,12,14-16H,6-7,9-10H2,1-2H3. The molecule has 0 bridgehead atoms. The van der Waals surface area contributed by atoms with Crippen molar-refractivity contribution < 1.29 is 9.84 Å². The molecule has 1 heterocycles. The minimum Gasteiger partial charge on any atom is -0.396 e. The fraction of sp³-hybridized carbons (Fsp3) is 0.600. The minimum absolute atomic E-state index is 0.206. The number of hydrogen-bond donors (Lipinski definition) is 1. The van der Waals surface area contributed by atoms with Crippen LogP contribution in [0, 0.1) is 6.92 Å². The average molecular weight is 234 g/mol. The van der Waals surface area contributed by atoms with Crippen LogP contribution in [0.4, 0.5) is 0 Å². The van der Waals surface area contributed by atoms with Crippen molar-refractivity contribution in [1.82, 2.24) is 0 Å². The summed E-state index contributed by atoms with van der Waals surface area (Å²) >= 11 is 0. The summed E-state index contributed by atoms with van der Waals surface area (Å²) in [4.78, 5) is 0. The molecule has 1 aromatic carbocycles. The lowest BCUT2D eigenvalue weighted by atomic mass is 9.92. The second kappa shape index (κ2) is 5.65. The van der Waals surface area contributed by atoms with Crippen LogP contribution in [0.3, 0.4) is 0 Å². The van der Waals surface area contributed by atoms with Crippen molar-refractivity contribution in [3.63, 3.8) is 0 Å². The number of ether oxygens (including phenoxy) is 1. The summed E-state index contributed by atoms with van der Waals surface area (Å²) in [7, 11) is 0. The summed E-state index contributed by atoms with van der Waals surface area (Å²) in [5.74, 6) is 0.213. The van der Waals surface area contributed by atoms with Gasteiger partial charge in [-0.3, -0.25) is 0 Å². The third kappa shape index (κ3) is 3.30. The fourth-order valence-corrected chi connectivity index (χ4v) is 2.62. The van der Waals surface area contributed by atoms with Gasteiger partial charge in [0.25, 0.3) is 0 Å². The van der Waals surface area contributed by atoms with E-state index in [4.69, 9.17) is 4.74 Å². The predicted octanol–water partition coefficient (Wildman–Crippen LogP) is 3.03. The van der Waals surface area contributed by atoms with Crippen molar-refractivity contribution in [3.8, 4) is 0 Å². The Labute approximate surface area is 104 Å². The van der Waals surface area contributed by atoms with Gasteiger partial charge in [-0.05, 0) is 38.7 Å². The van der Waals surface area contributed by atoms with E-state index < -0.39 is 0 Å². The van der Waals surface area contributed by atoms with Gasteiger partial charge in [0.15, 0.2) is 0 Å². The summed E-state index contributed by atoms with van der Waals surface area (Å²) in [5, 5.41) is 9.54. The Kier molecular flexibility index (Phi) is 4.19. The SMILES string of the molecule is Cc1cccc(C(CO)CC2CCC(C)O2)c1. The molecule has 94 valence electrons. The van der Waals surface area contributed by atoms with E-state index in [0.29, 0.717) is 12.2 Å². The fourth-order valence-electron chi connectivity index (χ4n) is 2.62. The van der Waals surface area contributed by atoms with Crippen LogP contribution in [0.15, 0.2) is 24.3 Å². The summed E-state index contributed by atoms with van der Waals surface area (Å²) in [6.07, 6.45) is 3.92. The van der Waals surface area contributed by atoms with Gasteiger partial charge in [-0.2, -0.15) is 0 Å². The van der Waals surface area contributed by atoms with E-state index in [0.717, 1.165) is 19.3 Å². The van der Waals surface area contributed by atoms with E-state index in [1.807, 2.05) is 0 Å². The Balaban J connectivity index is 2.01. The Morgan fingerprint density at radius 3 is 2.82 bits per heavy atom. The quantitative estimate of drug-likeness (QED) is 0.867. The first-order valence-corrected chi connectivity index (χ1v) is 6.52. The van der Waals surface area contributed by atoms with Gasteiger partial charge in [0.05, 0.1) is 18.8 Å². The molecule has 0 saturated carbocycles. The molecular weight excluding hydrogens is 212 g/mol. The molecule has 0 spiro atoms. The molecule has 0 aromatic heterocycles. The second-order valence-electron chi connectivity index (χ2n) is 5.18. The topological polar surface area (TPSA) is 29.5 Å². The first kappa shape index (κ1) is 12.6. The highest BCUT2D eigenvalue weighted by Gasteiger charge is 2.25. The molecule has 0 aliphatic carbocycles. The number of aryl methyl sites for hydroxylation is 1. The molecule has 1 saturated heterocycles. The Morgan fingerprint density at radius 1 is 1.41 bits per heavy atom. The Hall–Kier alpha value is -0.860. The molecule has 1 aromatic rings. The zero-order chi connectivity index (χ0) is 12.3. The number of hydrogen-bond acceptors (Lipinski definition) is 2. The van der Waals surface area contributed by atoms with Crippen molar-refractivity contribution in [2.45, 2.75) is 51.2 Å². The summed E-state index contributed by atoms with van der Waals surface area (Å²) in [6, 6.07) is 8.42. The van der Waals surface area contributed by atoms with Crippen LogP contribution >= 0.6 is 0 Å². The van der Waals surface area contributed by atoms with Crippen molar-refractivity contribution in [1.29, 1.82) is 0 Å². The third-order valence-corrected chi connectivity index (χ3v) is 3.60. The monoisotopic (exact) mass is 234 g/mol. The lowest BCUT2D eigenvalue weighted by Gasteiger charge is -2.19. The van der Waals surface area contributed by atoms with E-state index in [9.17, 15) is 5.11 Å². The molecule has 2 heteroatoms. The Morgan fingerprint density at radius 2 is 2.24 bits per heavy atom. The van der Waals surface area contributed by atoms with Crippen molar-refractivity contribution in [2.75, 3.05) is 6.61 Å². The van der Waals surface area contributed by atoms with E-state index in [2.05, 4.69) is 38.1 Å². The van der Waals surface area contributed by atoms with Gasteiger partial charge in [0.2, 0.25) is 0 Å². The van der Waals surface area contributed by atoms with Crippen LogP contribution in [0.5, 0.6) is 0 Å². The van der Waals surface area contributed by atoms with Gasteiger partial charge < -0.3 is 9.84 Å².